The van der Waals surface area contributed by atoms with E-state index in [-0.39, 0.29) is 0 Å². The van der Waals surface area contributed by atoms with Crippen molar-refractivity contribution in [2.24, 2.45) is 0 Å². The minimum absolute atomic E-state index is 0.673. The molecule has 1 heteroatoms. The predicted molar refractivity (Wildman–Crippen MR) is 137 cm³/mol. The van der Waals surface area contributed by atoms with Crippen LogP contribution in [0.25, 0.3) is 11.1 Å². The van der Waals surface area contributed by atoms with Crippen LogP contribution in [-0.2, 0) is 12.3 Å². The van der Waals surface area contributed by atoms with Crippen molar-refractivity contribution in [1.29, 1.82) is 0 Å². The zero-order chi connectivity index (χ0) is 21.3. The van der Waals surface area contributed by atoms with Crippen molar-refractivity contribution in [3.05, 3.63) is 88.5 Å². The summed E-state index contributed by atoms with van der Waals surface area (Å²) in [5.41, 5.74) is 10.3. The Labute approximate surface area is 183 Å². The van der Waals surface area contributed by atoms with E-state index in [1.54, 1.807) is 0 Å². The van der Waals surface area contributed by atoms with Crippen LogP contribution in [0.1, 0.15) is 66.8 Å². The van der Waals surface area contributed by atoms with E-state index in [4.69, 9.17) is 6.30 Å². The summed E-state index contributed by atoms with van der Waals surface area (Å²) in [5, 5.41) is 1.51. The van der Waals surface area contributed by atoms with E-state index in [1.807, 2.05) is 0 Å². The molecule has 0 spiro atoms. The summed E-state index contributed by atoms with van der Waals surface area (Å²) in [6, 6.07) is 23.0. The Morgan fingerprint density at radius 3 is 2.37 bits per heavy atom. The molecule has 0 amide bonds. The van der Waals surface area contributed by atoms with E-state index in [0.717, 1.165) is 12.3 Å². The summed E-state index contributed by atoms with van der Waals surface area (Å²) in [7, 11) is 0. The highest BCUT2D eigenvalue weighted by Crippen LogP contribution is 2.57. The van der Waals surface area contributed by atoms with Crippen LogP contribution in [0.2, 0.25) is 0 Å². The third kappa shape index (κ3) is 3.83. The number of hydrogen-bond donors (Lipinski definition) is 0. The average Bonchev–Trinajstić information content (AvgIpc) is 2.75. The normalized spacial score (nSPS) is 18.5. The van der Waals surface area contributed by atoms with Crippen molar-refractivity contribution >= 4 is 18.5 Å². The molecule has 2 atom stereocenters. The van der Waals surface area contributed by atoms with Gasteiger partial charge in [0.05, 0.1) is 0 Å². The van der Waals surface area contributed by atoms with E-state index in [0.29, 0.717) is 5.92 Å². The molecule has 4 rings (SSSR count). The zero-order valence-corrected chi connectivity index (χ0v) is 19.9. The molecule has 0 fully saturated rings. The second-order valence-corrected chi connectivity index (χ2v) is 12.6. The molecule has 0 aromatic heterocycles. The van der Waals surface area contributed by atoms with Gasteiger partial charge in [0.25, 0.3) is 0 Å². The van der Waals surface area contributed by atoms with Crippen molar-refractivity contribution in [1.82, 2.24) is 0 Å². The lowest BCUT2D eigenvalue weighted by Gasteiger charge is -2.34. The van der Waals surface area contributed by atoms with Crippen molar-refractivity contribution in [2.45, 2.75) is 65.2 Å². The van der Waals surface area contributed by atoms with Gasteiger partial charge in [-0.05, 0) is 89.2 Å². The molecule has 0 saturated heterocycles. The first-order chi connectivity index (χ1) is 14.5. The molecule has 1 aliphatic heterocycles. The summed E-state index contributed by atoms with van der Waals surface area (Å²) in [6.45, 7) is 7.66. The third-order valence-corrected chi connectivity index (χ3v) is 10.4. The van der Waals surface area contributed by atoms with Gasteiger partial charge in [-0.1, -0.05) is 94.1 Å². The molecule has 0 aliphatic carbocycles. The number of benzene rings is 3. The molecule has 1 heterocycles. The average molecular weight is 415 g/mol. The fourth-order valence-corrected chi connectivity index (χ4v) is 8.70. The van der Waals surface area contributed by atoms with Crippen LogP contribution in [0, 0.1) is 13.8 Å². The lowest BCUT2D eigenvalue weighted by molar-refractivity contribution is 0.595. The highest BCUT2D eigenvalue weighted by molar-refractivity contribution is 7.79. The molecule has 3 aromatic rings. The highest BCUT2D eigenvalue weighted by atomic mass is 31.2. The van der Waals surface area contributed by atoms with Gasteiger partial charge in [-0.15, -0.1) is 0 Å². The molecule has 0 N–H and O–H groups in total. The molecule has 30 heavy (non-hydrogen) atoms. The van der Waals surface area contributed by atoms with Crippen molar-refractivity contribution in [2.75, 3.05) is 0 Å². The Morgan fingerprint density at radius 1 is 0.933 bits per heavy atom. The van der Waals surface area contributed by atoms with Gasteiger partial charge in [0.15, 0.2) is 0 Å². The number of fused-ring (bicyclic) bond motifs is 3. The van der Waals surface area contributed by atoms with Crippen LogP contribution in [-0.4, -0.2) is 6.30 Å². The zero-order valence-electron chi connectivity index (χ0n) is 19.0. The van der Waals surface area contributed by atoms with Crippen LogP contribution < -0.4 is 5.30 Å². The first-order valence-electron chi connectivity index (χ1n) is 11.5. The summed E-state index contributed by atoms with van der Waals surface area (Å²) in [5.74, 6) is 0.673. The first-order valence-corrected chi connectivity index (χ1v) is 13.8. The van der Waals surface area contributed by atoms with E-state index in [2.05, 4.69) is 88.4 Å². The second kappa shape index (κ2) is 8.60. The number of hydrogen-bond acceptors (Lipinski definition) is 0. The van der Waals surface area contributed by atoms with Gasteiger partial charge in [0.2, 0.25) is 0 Å². The molecule has 0 radical (unpaired) electrons. The van der Waals surface area contributed by atoms with Crippen molar-refractivity contribution < 1.29 is 0 Å². The quantitative estimate of drug-likeness (QED) is 0.358. The molecule has 1 unspecified atom stereocenters. The molecule has 0 bridgehead atoms. The fourth-order valence-electron chi connectivity index (χ4n) is 5.23. The lowest BCUT2D eigenvalue weighted by atomic mass is 9.88. The van der Waals surface area contributed by atoms with E-state index in [9.17, 15) is 0 Å². The number of aryl methyl sites for hydroxylation is 1. The van der Waals surface area contributed by atoms with Gasteiger partial charge < -0.3 is 0 Å². The van der Waals surface area contributed by atoms with Crippen LogP contribution >= 0.6 is 6.89 Å². The van der Waals surface area contributed by atoms with Crippen molar-refractivity contribution in [3.8, 4) is 11.1 Å². The van der Waals surface area contributed by atoms with E-state index >= 15 is 0 Å². The van der Waals surface area contributed by atoms with Gasteiger partial charge in [0.1, 0.15) is 0 Å². The maximum absolute atomic E-state index is 4.98. The van der Waals surface area contributed by atoms with E-state index in [1.165, 1.54) is 63.5 Å². The maximum atomic E-state index is 4.98. The Bertz CT molecular complexity index is 1110. The number of rotatable bonds is 6. The molecule has 1 aliphatic rings. The Kier molecular flexibility index (Phi) is 6.08. The Balaban J connectivity index is 1.79. The minimum Gasteiger partial charge on any atom is -0.0960 e. The van der Waals surface area contributed by atoms with Gasteiger partial charge in [-0.2, -0.15) is 0 Å². The minimum atomic E-state index is -1.58. The topological polar surface area (TPSA) is 0 Å². The van der Waals surface area contributed by atoms with Crippen LogP contribution in [0.3, 0.4) is 0 Å². The largest absolute Gasteiger partial charge is 0.0960 e. The van der Waals surface area contributed by atoms with Crippen LogP contribution in [0.5, 0.6) is 0 Å². The smallest absolute Gasteiger partial charge is 0.00324 e. The van der Waals surface area contributed by atoms with Crippen molar-refractivity contribution in [3.63, 3.8) is 0 Å². The molecular weight excluding hydrogens is 379 g/mol. The summed E-state index contributed by atoms with van der Waals surface area (Å²) >= 11 is 0. The molecular formula is C29H35P. The van der Waals surface area contributed by atoms with Crippen LogP contribution in [0.4, 0.5) is 0 Å². The highest BCUT2D eigenvalue weighted by Gasteiger charge is 2.29. The van der Waals surface area contributed by atoms with Gasteiger partial charge in [0, 0.05) is 0 Å². The SMILES string of the molecule is C=P1(Cc2cc([C@H](CC)CCC)cc(C)c2C)Cc2ccccc2-c2ccccc21. The van der Waals surface area contributed by atoms with Crippen LogP contribution in [0.15, 0.2) is 60.7 Å². The van der Waals surface area contributed by atoms with Gasteiger partial charge in [-0.3, -0.25) is 0 Å². The molecule has 156 valence electrons. The Morgan fingerprint density at radius 2 is 1.63 bits per heavy atom. The second-order valence-electron chi connectivity index (χ2n) is 9.15. The maximum Gasteiger partial charge on any atom is -0.00324 e. The Hall–Kier alpha value is -2.04. The summed E-state index contributed by atoms with van der Waals surface area (Å²) in [4.78, 5) is 0. The predicted octanol–water partition coefficient (Wildman–Crippen LogP) is 8.05. The molecule has 0 saturated carbocycles. The first kappa shape index (κ1) is 21.2. The monoisotopic (exact) mass is 414 g/mol. The molecule has 3 aromatic carbocycles. The van der Waals surface area contributed by atoms with E-state index < -0.39 is 6.89 Å². The summed E-state index contributed by atoms with van der Waals surface area (Å²) < 4.78 is 0. The van der Waals surface area contributed by atoms with Gasteiger partial charge in [-0.25, -0.2) is 0 Å². The fraction of sp³-hybridized carbons (Fsp3) is 0.345. The standard InChI is InChI=1S/C29H35P/c1-6-12-23(7-2)25-17-21(3)22(4)26(18-25)20-30(5)19-24-13-8-9-14-27(24)28-15-10-11-16-29(28)30/h8-11,13-18,23H,5-7,12,19-20H2,1-4H3/t23-,30?/m1/s1. The third-order valence-electron chi connectivity index (χ3n) is 7.07. The summed E-state index contributed by atoms with van der Waals surface area (Å²) in [6.07, 6.45) is 10.9. The van der Waals surface area contributed by atoms with Gasteiger partial charge >= 0.3 is 0 Å². The molecule has 0 nitrogen and oxygen atoms in total. The lowest BCUT2D eigenvalue weighted by Crippen LogP contribution is -2.18.